The lowest BCUT2D eigenvalue weighted by molar-refractivity contribution is 0.556. The SMILES string of the molecule is CC(C)c1cc2cncnc2n1C(C)C.CC(C)c1nc2c(n1C(C)C)NC=NC2.CC(C)c1nc2cncnc2n1C(C)C. The van der Waals surface area contributed by atoms with E-state index in [2.05, 4.69) is 143 Å². The Balaban J connectivity index is 0.000000154. The van der Waals surface area contributed by atoms with E-state index >= 15 is 0 Å². The number of aliphatic imine (C=N–C) groups is 1. The van der Waals surface area contributed by atoms with E-state index in [-0.39, 0.29) is 0 Å². The smallest absolute Gasteiger partial charge is 0.163 e. The molecule has 0 spiro atoms. The van der Waals surface area contributed by atoms with Crippen LogP contribution in [0.15, 0.2) is 36.1 Å². The largest absolute Gasteiger partial charge is 0.331 e. The summed E-state index contributed by atoms with van der Waals surface area (Å²) in [6.45, 7) is 26.8. The standard InChI is InChI=1S/C12H17N3.C11H18N4.C11H16N4/c1-8(2)11-5-10-6-13-7-14-12(10)15(11)9(3)4;2*1-7(2)10-14-9-5-12-6-13-11(9)15(10)8(3)4/h5-9H,1-4H3;6-8H,5H2,1-4H3,(H,12,13);5-8H,1-4H3. The summed E-state index contributed by atoms with van der Waals surface area (Å²) in [6, 6.07) is 3.44. The Kier molecular flexibility index (Phi) is 10.7. The summed E-state index contributed by atoms with van der Waals surface area (Å²) in [5, 5.41) is 4.33. The van der Waals surface area contributed by atoms with Crippen LogP contribution in [0.2, 0.25) is 0 Å². The van der Waals surface area contributed by atoms with E-state index in [9.17, 15) is 0 Å². The fourth-order valence-electron chi connectivity index (χ4n) is 5.69. The van der Waals surface area contributed by atoms with Crippen molar-refractivity contribution in [1.82, 2.24) is 43.6 Å². The molecule has 0 fully saturated rings. The second-order valence-corrected chi connectivity index (χ2v) is 13.3. The van der Waals surface area contributed by atoms with Gasteiger partial charge in [-0.15, -0.1) is 0 Å². The number of nitrogens with zero attached hydrogens (tertiary/aromatic N) is 10. The molecule has 1 N–H and O–H groups in total. The van der Waals surface area contributed by atoms with Crippen molar-refractivity contribution in [3.05, 3.63) is 54.2 Å². The van der Waals surface area contributed by atoms with Crippen molar-refractivity contribution in [3.63, 3.8) is 0 Å². The van der Waals surface area contributed by atoms with Crippen LogP contribution in [0.25, 0.3) is 22.2 Å². The van der Waals surface area contributed by atoms with Crippen LogP contribution in [0.4, 0.5) is 5.82 Å². The van der Waals surface area contributed by atoms with Crippen molar-refractivity contribution >= 4 is 34.4 Å². The minimum absolute atomic E-state index is 0.377. The summed E-state index contributed by atoms with van der Waals surface area (Å²) in [5.41, 5.74) is 5.26. The van der Waals surface area contributed by atoms with Gasteiger partial charge in [0, 0.05) is 47.2 Å². The van der Waals surface area contributed by atoms with E-state index in [1.54, 1.807) is 25.2 Å². The van der Waals surface area contributed by atoms with Gasteiger partial charge in [-0.25, -0.2) is 29.9 Å². The van der Waals surface area contributed by atoms with Crippen LogP contribution in [0.5, 0.6) is 0 Å². The fraction of sp³-hybridized carbons (Fsp3) is 0.559. The molecule has 6 heterocycles. The monoisotopic (exact) mass is 613 g/mol. The molecule has 5 aromatic heterocycles. The van der Waals surface area contributed by atoms with Gasteiger partial charge in [0.15, 0.2) is 5.65 Å². The third kappa shape index (κ3) is 7.23. The Hall–Kier alpha value is -4.15. The van der Waals surface area contributed by atoms with Crippen LogP contribution in [-0.2, 0) is 6.54 Å². The van der Waals surface area contributed by atoms with Gasteiger partial charge in [0.2, 0.25) is 0 Å². The van der Waals surface area contributed by atoms with Crippen LogP contribution >= 0.6 is 0 Å². The Morgan fingerprint density at radius 1 is 0.644 bits per heavy atom. The molecule has 0 aliphatic carbocycles. The Bertz CT molecular complexity index is 1640. The number of hydrogen-bond acceptors (Lipinski definition) is 8. The van der Waals surface area contributed by atoms with E-state index in [1.165, 1.54) is 5.69 Å². The van der Waals surface area contributed by atoms with Gasteiger partial charge in [-0.1, -0.05) is 41.5 Å². The highest BCUT2D eigenvalue weighted by Gasteiger charge is 2.21. The average Bonchev–Trinajstić information content (AvgIpc) is 3.69. The maximum Gasteiger partial charge on any atom is 0.163 e. The first-order valence-electron chi connectivity index (χ1n) is 16.2. The van der Waals surface area contributed by atoms with Gasteiger partial charge in [-0.05, 0) is 53.5 Å². The molecule has 11 heteroatoms. The first-order valence-corrected chi connectivity index (χ1v) is 16.2. The van der Waals surface area contributed by atoms with Crippen molar-refractivity contribution in [3.8, 4) is 0 Å². The van der Waals surface area contributed by atoms with Crippen molar-refractivity contribution in [2.75, 3.05) is 5.32 Å². The Labute approximate surface area is 267 Å². The molecular weight excluding hydrogens is 562 g/mol. The number of aromatic nitrogens is 9. The molecule has 0 saturated carbocycles. The van der Waals surface area contributed by atoms with Crippen molar-refractivity contribution < 1.29 is 0 Å². The number of nitrogens with one attached hydrogen (secondary N) is 1. The highest BCUT2D eigenvalue weighted by Crippen LogP contribution is 2.29. The van der Waals surface area contributed by atoms with Crippen LogP contribution in [-0.4, -0.2) is 49.9 Å². The molecule has 6 rings (SSSR count). The van der Waals surface area contributed by atoms with Crippen molar-refractivity contribution in [1.29, 1.82) is 0 Å². The molecule has 45 heavy (non-hydrogen) atoms. The zero-order chi connectivity index (χ0) is 33.0. The lowest BCUT2D eigenvalue weighted by Crippen LogP contribution is -2.13. The number of fused-ring (bicyclic) bond motifs is 3. The van der Waals surface area contributed by atoms with Gasteiger partial charge in [-0.3, -0.25) is 4.99 Å². The summed E-state index contributed by atoms with van der Waals surface area (Å²) in [4.78, 5) is 30.1. The van der Waals surface area contributed by atoms with E-state index in [4.69, 9.17) is 0 Å². The molecule has 0 saturated heterocycles. The number of hydrogen-bond donors (Lipinski definition) is 1. The zero-order valence-electron chi connectivity index (χ0n) is 29.1. The predicted octanol–water partition coefficient (Wildman–Crippen LogP) is 8.21. The van der Waals surface area contributed by atoms with Gasteiger partial charge >= 0.3 is 0 Å². The molecule has 0 bridgehead atoms. The van der Waals surface area contributed by atoms with E-state index < -0.39 is 0 Å². The number of imidazole rings is 2. The van der Waals surface area contributed by atoms with Crippen LogP contribution in [0.1, 0.15) is 142 Å². The molecule has 5 aromatic rings. The van der Waals surface area contributed by atoms with Crippen LogP contribution < -0.4 is 5.32 Å². The van der Waals surface area contributed by atoms with E-state index in [0.29, 0.717) is 42.4 Å². The maximum absolute atomic E-state index is 4.66. The van der Waals surface area contributed by atoms with E-state index in [1.807, 2.05) is 6.20 Å². The topological polar surface area (TPSA) is 117 Å². The molecule has 0 atom stereocenters. The summed E-state index contributed by atoms with van der Waals surface area (Å²) < 4.78 is 6.74. The third-order valence-electron chi connectivity index (χ3n) is 7.63. The van der Waals surface area contributed by atoms with Gasteiger partial charge in [0.1, 0.15) is 47.0 Å². The highest BCUT2D eigenvalue weighted by molar-refractivity contribution is 5.78. The lowest BCUT2D eigenvalue weighted by atomic mass is 10.1. The normalized spacial score (nSPS) is 12.8. The van der Waals surface area contributed by atoms with Crippen molar-refractivity contribution in [2.24, 2.45) is 4.99 Å². The maximum atomic E-state index is 4.66. The quantitative estimate of drug-likeness (QED) is 0.205. The molecule has 0 unspecified atom stereocenters. The third-order valence-corrected chi connectivity index (χ3v) is 7.63. The fourth-order valence-corrected chi connectivity index (χ4v) is 5.69. The minimum atomic E-state index is 0.377. The van der Waals surface area contributed by atoms with Gasteiger partial charge < -0.3 is 19.0 Å². The first-order chi connectivity index (χ1) is 21.3. The average molecular weight is 614 g/mol. The molecule has 242 valence electrons. The highest BCUT2D eigenvalue weighted by atomic mass is 15.2. The second-order valence-electron chi connectivity index (χ2n) is 13.3. The minimum Gasteiger partial charge on any atom is -0.331 e. The zero-order valence-corrected chi connectivity index (χ0v) is 29.1. The van der Waals surface area contributed by atoms with Gasteiger partial charge in [0.25, 0.3) is 0 Å². The van der Waals surface area contributed by atoms with Crippen LogP contribution in [0.3, 0.4) is 0 Å². The Morgan fingerprint density at radius 2 is 1.22 bits per heavy atom. The van der Waals surface area contributed by atoms with Crippen molar-refractivity contribution in [2.45, 2.75) is 126 Å². The molecule has 1 aliphatic heterocycles. The number of rotatable bonds is 6. The molecule has 0 amide bonds. The Morgan fingerprint density at radius 3 is 1.80 bits per heavy atom. The molecule has 1 aliphatic rings. The molecular formula is C34H51N11. The second kappa shape index (κ2) is 14.3. The van der Waals surface area contributed by atoms with Gasteiger partial charge in [0.05, 0.1) is 19.1 Å². The summed E-state index contributed by atoms with van der Waals surface area (Å²) >= 11 is 0. The molecule has 0 radical (unpaired) electrons. The van der Waals surface area contributed by atoms with Crippen LogP contribution in [0, 0.1) is 0 Å². The summed E-state index contributed by atoms with van der Waals surface area (Å²) in [5.74, 6) is 4.71. The molecule has 11 nitrogen and oxygen atoms in total. The van der Waals surface area contributed by atoms with Gasteiger partial charge in [-0.2, -0.15) is 0 Å². The predicted molar refractivity (Wildman–Crippen MR) is 184 cm³/mol. The van der Waals surface area contributed by atoms with E-state index in [0.717, 1.165) is 45.4 Å². The summed E-state index contributed by atoms with van der Waals surface area (Å²) in [7, 11) is 0. The number of anilines is 1. The molecule has 0 aromatic carbocycles. The summed E-state index contributed by atoms with van der Waals surface area (Å²) in [6.07, 6.45) is 8.60. The first kappa shape index (κ1) is 33.7. The lowest BCUT2D eigenvalue weighted by Gasteiger charge is -2.18.